The van der Waals surface area contributed by atoms with E-state index in [0.29, 0.717) is 23.7 Å². The minimum absolute atomic E-state index is 0.140. The number of hydrogen-bond acceptors (Lipinski definition) is 4. The number of nitrogens with zero attached hydrogens (tertiary/aromatic N) is 3. The van der Waals surface area contributed by atoms with E-state index in [1.165, 1.54) is 33.9 Å². The molecule has 0 spiro atoms. The third kappa shape index (κ3) is 3.65. The van der Waals surface area contributed by atoms with E-state index in [-0.39, 0.29) is 5.56 Å². The molecule has 0 fully saturated rings. The maximum atomic E-state index is 12.6. The summed E-state index contributed by atoms with van der Waals surface area (Å²) < 4.78 is 39.2. The van der Waals surface area contributed by atoms with Crippen molar-refractivity contribution in [2.75, 3.05) is 7.05 Å². The number of thiazole rings is 1. The van der Waals surface area contributed by atoms with Gasteiger partial charge in [0, 0.05) is 30.7 Å². The highest BCUT2D eigenvalue weighted by atomic mass is 32.1. The van der Waals surface area contributed by atoms with Gasteiger partial charge in [-0.3, -0.25) is 14.1 Å². The van der Waals surface area contributed by atoms with Crippen molar-refractivity contribution in [3.05, 3.63) is 69.1 Å². The fourth-order valence-corrected chi connectivity index (χ4v) is 3.15. The van der Waals surface area contributed by atoms with Crippen LogP contribution in [0.2, 0.25) is 0 Å². The molecule has 0 saturated heterocycles. The van der Waals surface area contributed by atoms with Gasteiger partial charge in [0.05, 0.1) is 11.3 Å². The Morgan fingerprint density at radius 1 is 1.21 bits per heavy atom. The number of halogens is 3. The first-order chi connectivity index (χ1) is 11.3. The van der Waals surface area contributed by atoms with Crippen LogP contribution >= 0.6 is 11.3 Å². The lowest BCUT2D eigenvalue weighted by molar-refractivity contribution is -0.137. The Morgan fingerprint density at radius 2 is 1.92 bits per heavy atom. The lowest BCUT2D eigenvalue weighted by atomic mass is 10.1. The molecular formula is C16H14F3N3OS. The van der Waals surface area contributed by atoms with Gasteiger partial charge in [-0.25, -0.2) is 4.98 Å². The van der Waals surface area contributed by atoms with Gasteiger partial charge in [0.25, 0.3) is 5.56 Å². The van der Waals surface area contributed by atoms with Crippen LogP contribution in [0.25, 0.3) is 4.96 Å². The van der Waals surface area contributed by atoms with E-state index in [1.54, 1.807) is 11.6 Å². The van der Waals surface area contributed by atoms with E-state index in [4.69, 9.17) is 0 Å². The monoisotopic (exact) mass is 353 g/mol. The summed E-state index contributed by atoms with van der Waals surface area (Å²) in [4.78, 5) is 18.9. The van der Waals surface area contributed by atoms with E-state index < -0.39 is 11.7 Å². The lowest BCUT2D eigenvalue weighted by Gasteiger charge is -2.16. The van der Waals surface area contributed by atoms with E-state index in [1.807, 2.05) is 11.9 Å². The molecule has 0 aliphatic rings. The molecule has 8 heteroatoms. The second-order valence-corrected chi connectivity index (χ2v) is 6.38. The standard InChI is InChI=1S/C16H14F3N3OS/c1-21(9-11-2-4-12(5-3-11)16(17,18)19)10-13-8-14(23)22-6-7-24-15(22)20-13/h2-8H,9-10H2,1H3. The predicted molar refractivity (Wildman–Crippen MR) is 86.0 cm³/mol. The molecule has 4 nitrogen and oxygen atoms in total. The van der Waals surface area contributed by atoms with Crippen molar-refractivity contribution >= 4 is 16.3 Å². The largest absolute Gasteiger partial charge is 0.416 e. The van der Waals surface area contributed by atoms with Crippen molar-refractivity contribution in [2.45, 2.75) is 19.3 Å². The molecule has 0 amide bonds. The van der Waals surface area contributed by atoms with Crippen molar-refractivity contribution in [3.63, 3.8) is 0 Å². The van der Waals surface area contributed by atoms with Gasteiger partial charge in [-0.1, -0.05) is 12.1 Å². The smallest absolute Gasteiger partial charge is 0.296 e. The Bertz CT molecular complexity index is 899. The summed E-state index contributed by atoms with van der Waals surface area (Å²) >= 11 is 1.38. The summed E-state index contributed by atoms with van der Waals surface area (Å²) in [6, 6.07) is 6.55. The minimum atomic E-state index is -4.33. The molecule has 0 aliphatic carbocycles. The summed E-state index contributed by atoms with van der Waals surface area (Å²) in [7, 11) is 1.83. The first kappa shape index (κ1) is 16.7. The predicted octanol–water partition coefficient (Wildman–Crippen LogP) is 3.41. The quantitative estimate of drug-likeness (QED) is 0.721. The second kappa shape index (κ2) is 6.37. The van der Waals surface area contributed by atoms with Gasteiger partial charge in [0.2, 0.25) is 0 Å². The van der Waals surface area contributed by atoms with E-state index >= 15 is 0 Å². The molecule has 1 aromatic carbocycles. The zero-order valence-corrected chi connectivity index (χ0v) is 13.6. The van der Waals surface area contributed by atoms with Crippen molar-refractivity contribution in [1.29, 1.82) is 0 Å². The molecule has 0 aliphatic heterocycles. The lowest BCUT2D eigenvalue weighted by Crippen LogP contribution is -2.21. The Morgan fingerprint density at radius 3 is 2.58 bits per heavy atom. The van der Waals surface area contributed by atoms with Gasteiger partial charge in [0.1, 0.15) is 0 Å². The Balaban J connectivity index is 1.70. The van der Waals surface area contributed by atoms with Crippen molar-refractivity contribution in [2.24, 2.45) is 0 Å². The molecule has 2 aromatic heterocycles. The normalized spacial score (nSPS) is 12.2. The number of fused-ring (bicyclic) bond motifs is 1. The topological polar surface area (TPSA) is 37.6 Å². The Hall–Kier alpha value is -2.19. The Labute approximate surface area is 139 Å². The maximum Gasteiger partial charge on any atom is 0.416 e. The van der Waals surface area contributed by atoms with Crippen LogP contribution in [0.1, 0.15) is 16.8 Å². The minimum Gasteiger partial charge on any atom is -0.296 e. The summed E-state index contributed by atoms with van der Waals surface area (Å²) in [5.74, 6) is 0. The molecule has 0 radical (unpaired) electrons. The third-order valence-electron chi connectivity index (χ3n) is 3.52. The van der Waals surface area contributed by atoms with Gasteiger partial charge in [0.15, 0.2) is 4.96 Å². The number of hydrogen-bond donors (Lipinski definition) is 0. The first-order valence-corrected chi connectivity index (χ1v) is 8.01. The second-order valence-electron chi connectivity index (χ2n) is 5.51. The zero-order chi connectivity index (χ0) is 17.3. The van der Waals surface area contributed by atoms with E-state index in [9.17, 15) is 18.0 Å². The van der Waals surface area contributed by atoms with Gasteiger partial charge >= 0.3 is 6.18 Å². The van der Waals surface area contributed by atoms with Crippen molar-refractivity contribution < 1.29 is 13.2 Å². The molecule has 0 N–H and O–H groups in total. The molecule has 24 heavy (non-hydrogen) atoms. The summed E-state index contributed by atoms with van der Waals surface area (Å²) in [5, 5.41) is 1.79. The molecule has 0 bridgehead atoms. The molecule has 3 aromatic rings. The molecular weight excluding hydrogens is 339 g/mol. The number of rotatable bonds is 4. The molecule has 126 valence electrons. The molecule has 0 unspecified atom stereocenters. The molecule has 0 atom stereocenters. The average Bonchev–Trinajstić information content (AvgIpc) is 2.95. The molecule has 2 heterocycles. The van der Waals surface area contributed by atoms with Crippen LogP contribution < -0.4 is 5.56 Å². The highest BCUT2D eigenvalue weighted by Gasteiger charge is 2.29. The SMILES string of the molecule is CN(Cc1ccc(C(F)(F)F)cc1)Cc1cc(=O)n2ccsc2n1. The molecule has 0 saturated carbocycles. The van der Waals surface area contributed by atoms with Crippen LogP contribution in [0.3, 0.4) is 0 Å². The van der Waals surface area contributed by atoms with E-state index in [0.717, 1.165) is 17.7 Å². The van der Waals surface area contributed by atoms with E-state index in [2.05, 4.69) is 4.98 Å². The van der Waals surface area contributed by atoms with Crippen molar-refractivity contribution in [3.8, 4) is 0 Å². The van der Waals surface area contributed by atoms with Crippen molar-refractivity contribution in [1.82, 2.24) is 14.3 Å². The van der Waals surface area contributed by atoms with Gasteiger partial charge in [-0.05, 0) is 24.7 Å². The fourth-order valence-electron chi connectivity index (χ4n) is 2.41. The summed E-state index contributed by atoms with van der Waals surface area (Å²) in [6.45, 7) is 0.897. The van der Waals surface area contributed by atoms with Crippen LogP contribution in [-0.4, -0.2) is 21.3 Å². The van der Waals surface area contributed by atoms with Crippen LogP contribution in [0.4, 0.5) is 13.2 Å². The average molecular weight is 353 g/mol. The number of alkyl halides is 3. The number of aromatic nitrogens is 2. The fraction of sp³-hybridized carbons (Fsp3) is 0.250. The van der Waals surface area contributed by atoms with Gasteiger partial charge < -0.3 is 0 Å². The van der Waals surface area contributed by atoms with Crippen LogP contribution in [0.15, 0.2) is 46.7 Å². The molecule has 3 rings (SSSR count). The number of benzene rings is 1. The van der Waals surface area contributed by atoms with Gasteiger partial charge in [-0.2, -0.15) is 13.2 Å². The van der Waals surface area contributed by atoms with Crippen LogP contribution in [-0.2, 0) is 19.3 Å². The highest BCUT2D eigenvalue weighted by molar-refractivity contribution is 7.15. The van der Waals surface area contributed by atoms with Crippen LogP contribution in [0, 0.1) is 0 Å². The van der Waals surface area contributed by atoms with Crippen LogP contribution in [0.5, 0.6) is 0 Å². The highest BCUT2D eigenvalue weighted by Crippen LogP contribution is 2.29. The van der Waals surface area contributed by atoms with Gasteiger partial charge in [-0.15, -0.1) is 11.3 Å². The summed E-state index contributed by atoms with van der Waals surface area (Å²) in [6.07, 6.45) is -2.66. The first-order valence-electron chi connectivity index (χ1n) is 7.13. The maximum absolute atomic E-state index is 12.6. The summed E-state index contributed by atoms with van der Waals surface area (Å²) in [5.41, 5.74) is 0.599. The Kier molecular flexibility index (Phi) is 4.42. The third-order valence-corrected chi connectivity index (χ3v) is 4.28. The zero-order valence-electron chi connectivity index (χ0n) is 12.7.